The Bertz CT molecular complexity index is 558. The molecule has 1 N–H and O–H groups in total. The fourth-order valence-electron chi connectivity index (χ4n) is 3.49. The Morgan fingerprint density at radius 2 is 1.90 bits per heavy atom. The first kappa shape index (κ1) is 13.4. The van der Waals surface area contributed by atoms with Crippen molar-refractivity contribution < 1.29 is 4.79 Å². The zero-order chi connectivity index (χ0) is 14.2. The molecule has 0 bridgehead atoms. The van der Waals surface area contributed by atoms with E-state index in [0.29, 0.717) is 11.1 Å². The molecule has 108 valence electrons. The zero-order valence-corrected chi connectivity index (χ0v) is 11.9. The summed E-state index contributed by atoms with van der Waals surface area (Å²) in [7, 11) is 2.17. The van der Waals surface area contributed by atoms with Crippen LogP contribution in [-0.2, 0) is 0 Å². The third kappa shape index (κ3) is 2.50. The second-order valence-corrected chi connectivity index (χ2v) is 6.21. The van der Waals surface area contributed by atoms with Crippen LogP contribution in [0.3, 0.4) is 0 Å². The Kier molecular flexibility index (Phi) is 3.38. The number of hydrogen-bond donors (Lipinski definition) is 1. The van der Waals surface area contributed by atoms with E-state index in [9.17, 15) is 9.59 Å². The summed E-state index contributed by atoms with van der Waals surface area (Å²) in [6, 6.07) is 4.73. The van der Waals surface area contributed by atoms with Crippen LogP contribution >= 0.6 is 0 Å². The molecular weight excluding hydrogens is 254 g/mol. The number of rotatable bonds is 1. The molecule has 2 aliphatic heterocycles. The van der Waals surface area contributed by atoms with E-state index in [-0.39, 0.29) is 11.5 Å². The molecule has 0 aliphatic carbocycles. The molecule has 3 heterocycles. The van der Waals surface area contributed by atoms with Gasteiger partial charge in [0, 0.05) is 25.7 Å². The maximum Gasteiger partial charge on any atom is 0.270 e. The van der Waals surface area contributed by atoms with Gasteiger partial charge in [0.2, 0.25) is 5.56 Å². The quantitative estimate of drug-likeness (QED) is 0.829. The Morgan fingerprint density at radius 3 is 2.50 bits per heavy atom. The number of nitrogens with one attached hydrogen (secondary N) is 1. The van der Waals surface area contributed by atoms with Crippen LogP contribution in [0.25, 0.3) is 0 Å². The minimum absolute atomic E-state index is 0.0519. The van der Waals surface area contributed by atoms with Gasteiger partial charge in [-0.05, 0) is 44.3 Å². The second kappa shape index (κ2) is 5.05. The van der Waals surface area contributed by atoms with E-state index in [1.165, 1.54) is 19.0 Å². The predicted octanol–water partition coefficient (Wildman–Crippen LogP) is 0.933. The molecule has 2 fully saturated rings. The first-order valence-electron chi connectivity index (χ1n) is 7.25. The van der Waals surface area contributed by atoms with Gasteiger partial charge in [-0.15, -0.1) is 0 Å². The molecular formula is C15H21N3O2. The van der Waals surface area contributed by atoms with E-state index in [1.54, 1.807) is 12.1 Å². The molecule has 0 atom stereocenters. The van der Waals surface area contributed by atoms with E-state index in [0.717, 1.165) is 32.5 Å². The van der Waals surface area contributed by atoms with Gasteiger partial charge in [0.15, 0.2) is 0 Å². The fourth-order valence-corrected chi connectivity index (χ4v) is 3.49. The molecule has 2 saturated heterocycles. The van der Waals surface area contributed by atoms with Crippen LogP contribution < -0.4 is 5.56 Å². The number of H-pyrrole nitrogens is 1. The average Bonchev–Trinajstić information content (AvgIpc) is 2.80. The van der Waals surface area contributed by atoms with Gasteiger partial charge in [-0.2, -0.15) is 0 Å². The Balaban J connectivity index is 1.66. The average molecular weight is 275 g/mol. The van der Waals surface area contributed by atoms with Crippen LogP contribution in [0, 0.1) is 5.41 Å². The van der Waals surface area contributed by atoms with Crippen molar-refractivity contribution in [3.05, 3.63) is 34.2 Å². The molecule has 1 aromatic rings. The second-order valence-electron chi connectivity index (χ2n) is 6.21. The van der Waals surface area contributed by atoms with E-state index in [2.05, 4.69) is 16.9 Å². The van der Waals surface area contributed by atoms with Gasteiger partial charge in [-0.1, -0.05) is 6.07 Å². The van der Waals surface area contributed by atoms with Gasteiger partial charge >= 0.3 is 0 Å². The standard InChI is InChI=1S/C15H21N3O2/c1-17-8-5-15(11-17)6-9-18(10-7-15)14(20)12-3-2-4-13(19)16-12/h2-4H,5-11H2,1H3,(H,16,19). The minimum atomic E-state index is -0.221. The third-order valence-corrected chi connectivity index (χ3v) is 4.74. The lowest BCUT2D eigenvalue weighted by molar-refractivity contribution is 0.0588. The molecule has 2 aliphatic rings. The van der Waals surface area contributed by atoms with Gasteiger partial charge in [0.1, 0.15) is 5.69 Å². The number of amides is 1. The number of carbonyl (C=O) groups is 1. The molecule has 0 aromatic carbocycles. The van der Waals surface area contributed by atoms with Crippen molar-refractivity contribution in [2.24, 2.45) is 5.41 Å². The smallest absolute Gasteiger partial charge is 0.270 e. The number of aromatic amines is 1. The summed E-state index contributed by atoms with van der Waals surface area (Å²) in [5.41, 5.74) is 0.592. The minimum Gasteiger partial charge on any atom is -0.337 e. The molecule has 20 heavy (non-hydrogen) atoms. The highest BCUT2D eigenvalue weighted by molar-refractivity contribution is 5.92. The summed E-state index contributed by atoms with van der Waals surface area (Å²) in [6.45, 7) is 3.91. The van der Waals surface area contributed by atoms with Crippen molar-refractivity contribution in [2.75, 3.05) is 33.2 Å². The van der Waals surface area contributed by atoms with E-state index in [4.69, 9.17) is 0 Å². The van der Waals surface area contributed by atoms with E-state index >= 15 is 0 Å². The summed E-state index contributed by atoms with van der Waals surface area (Å²) in [5, 5.41) is 0. The molecule has 0 unspecified atom stereocenters. The van der Waals surface area contributed by atoms with Crippen LogP contribution in [0.5, 0.6) is 0 Å². The lowest BCUT2D eigenvalue weighted by atomic mass is 9.78. The normalized spacial score (nSPS) is 22.4. The lowest BCUT2D eigenvalue weighted by Crippen LogP contribution is -2.44. The summed E-state index contributed by atoms with van der Waals surface area (Å²) in [5.74, 6) is -0.0519. The van der Waals surface area contributed by atoms with Gasteiger partial charge in [0.25, 0.3) is 5.91 Å². The van der Waals surface area contributed by atoms with Crippen molar-refractivity contribution in [3.8, 4) is 0 Å². The highest BCUT2D eigenvalue weighted by atomic mass is 16.2. The lowest BCUT2D eigenvalue weighted by Gasteiger charge is -2.39. The number of carbonyl (C=O) groups excluding carboxylic acids is 1. The number of nitrogens with zero attached hydrogens (tertiary/aromatic N) is 2. The van der Waals surface area contributed by atoms with Crippen LogP contribution in [0.2, 0.25) is 0 Å². The monoisotopic (exact) mass is 275 g/mol. The summed E-state index contributed by atoms with van der Waals surface area (Å²) >= 11 is 0. The van der Waals surface area contributed by atoms with Crippen molar-refractivity contribution in [2.45, 2.75) is 19.3 Å². The molecule has 1 amide bonds. The predicted molar refractivity (Wildman–Crippen MR) is 76.7 cm³/mol. The van der Waals surface area contributed by atoms with Gasteiger partial charge in [-0.3, -0.25) is 9.59 Å². The zero-order valence-electron chi connectivity index (χ0n) is 11.9. The first-order valence-corrected chi connectivity index (χ1v) is 7.25. The van der Waals surface area contributed by atoms with Gasteiger partial charge in [-0.25, -0.2) is 0 Å². The Morgan fingerprint density at radius 1 is 1.20 bits per heavy atom. The van der Waals surface area contributed by atoms with Crippen molar-refractivity contribution >= 4 is 5.91 Å². The van der Waals surface area contributed by atoms with Gasteiger partial charge < -0.3 is 14.8 Å². The SMILES string of the molecule is CN1CCC2(CCN(C(=O)c3cccc(=O)[nH]3)CC2)C1. The summed E-state index contributed by atoms with van der Waals surface area (Å²) in [4.78, 5) is 30.5. The molecule has 1 spiro atoms. The van der Waals surface area contributed by atoms with Crippen molar-refractivity contribution in [3.63, 3.8) is 0 Å². The van der Waals surface area contributed by atoms with Gasteiger partial charge in [0.05, 0.1) is 0 Å². The highest BCUT2D eigenvalue weighted by Gasteiger charge is 2.40. The molecule has 0 saturated carbocycles. The third-order valence-electron chi connectivity index (χ3n) is 4.74. The number of pyridine rings is 1. The largest absolute Gasteiger partial charge is 0.337 e. The van der Waals surface area contributed by atoms with E-state index < -0.39 is 0 Å². The number of aromatic nitrogens is 1. The molecule has 5 nitrogen and oxygen atoms in total. The van der Waals surface area contributed by atoms with Crippen LogP contribution in [0.1, 0.15) is 29.8 Å². The molecule has 5 heteroatoms. The topological polar surface area (TPSA) is 56.4 Å². The molecule has 3 rings (SSSR count). The maximum atomic E-state index is 12.4. The van der Waals surface area contributed by atoms with Crippen molar-refractivity contribution in [1.29, 1.82) is 0 Å². The highest BCUT2D eigenvalue weighted by Crippen LogP contribution is 2.39. The Labute approximate surface area is 118 Å². The summed E-state index contributed by atoms with van der Waals surface area (Å²) < 4.78 is 0. The molecule has 1 aromatic heterocycles. The summed E-state index contributed by atoms with van der Waals surface area (Å²) in [6.07, 6.45) is 3.38. The fraction of sp³-hybridized carbons (Fsp3) is 0.600. The van der Waals surface area contributed by atoms with Crippen LogP contribution in [-0.4, -0.2) is 53.9 Å². The van der Waals surface area contributed by atoms with Crippen LogP contribution in [0.15, 0.2) is 23.0 Å². The van der Waals surface area contributed by atoms with Crippen LogP contribution in [0.4, 0.5) is 0 Å². The maximum absolute atomic E-state index is 12.4. The number of hydrogen-bond acceptors (Lipinski definition) is 3. The van der Waals surface area contributed by atoms with E-state index in [1.807, 2.05) is 4.90 Å². The number of likely N-dealkylation sites (tertiary alicyclic amines) is 2. The number of piperidine rings is 1. The Hall–Kier alpha value is -1.62. The van der Waals surface area contributed by atoms with Crippen molar-refractivity contribution in [1.82, 2.24) is 14.8 Å². The first-order chi connectivity index (χ1) is 9.58. The molecule has 0 radical (unpaired) electrons.